The van der Waals surface area contributed by atoms with Gasteiger partial charge in [0.25, 0.3) is 5.91 Å². The Bertz CT molecular complexity index is 394. The standard InChI is InChI=1S/C12H17N3O2/c1-2-5-14-11(16)10-8-15-12(17-10)9-3-6-13-7-4-9/h2,8-9,13H,1,3-7H2,(H,14,16). The molecule has 17 heavy (non-hydrogen) atoms. The Morgan fingerprint density at radius 1 is 1.65 bits per heavy atom. The van der Waals surface area contributed by atoms with Crippen LogP contribution in [0.2, 0.25) is 0 Å². The van der Waals surface area contributed by atoms with E-state index in [0.717, 1.165) is 25.9 Å². The van der Waals surface area contributed by atoms with Gasteiger partial charge in [-0.1, -0.05) is 6.08 Å². The van der Waals surface area contributed by atoms with Gasteiger partial charge in [0.15, 0.2) is 5.89 Å². The zero-order valence-electron chi connectivity index (χ0n) is 9.74. The van der Waals surface area contributed by atoms with Crippen LogP contribution in [-0.2, 0) is 0 Å². The van der Waals surface area contributed by atoms with E-state index < -0.39 is 0 Å². The molecule has 5 nitrogen and oxygen atoms in total. The summed E-state index contributed by atoms with van der Waals surface area (Å²) in [4.78, 5) is 15.8. The maximum Gasteiger partial charge on any atom is 0.288 e. The Hall–Kier alpha value is -1.62. The number of oxazole rings is 1. The number of nitrogens with zero attached hydrogens (tertiary/aromatic N) is 1. The fraction of sp³-hybridized carbons (Fsp3) is 0.500. The molecule has 92 valence electrons. The number of piperidine rings is 1. The van der Waals surface area contributed by atoms with Crippen molar-refractivity contribution in [1.29, 1.82) is 0 Å². The number of carbonyl (C=O) groups is 1. The minimum Gasteiger partial charge on any atom is -0.435 e. The second-order valence-corrected chi connectivity index (χ2v) is 4.09. The highest BCUT2D eigenvalue weighted by atomic mass is 16.4. The highest BCUT2D eigenvalue weighted by Gasteiger charge is 2.21. The van der Waals surface area contributed by atoms with Crippen LogP contribution in [0.1, 0.15) is 35.2 Å². The van der Waals surface area contributed by atoms with Gasteiger partial charge in [-0.15, -0.1) is 6.58 Å². The SMILES string of the molecule is C=CCNC(=O)c1cnc(C2CCNCC2)o1. The average Bonchev–Trinajstić information content (AvgIpc) is 2.86. The van der Waals surface area contributed by atoms with Gasteiger partial charge in [-0.3, -0.25) is 4.79 Å². The van der Waals surface area contributed by atoms with Gasteiger partial charge in [0.05, 0.1) is 6.20 Å². The number of carbonyl (C=O) groups excluding carboxylic acids is 1. The molecule has 0 bridgehead atoms. The van der Waals surface area contributed by atoms with E-state index in [4.69, 9.17) is 4.42 Å². The lowest BCUT2D eigenvalue weighted by Gasteiger charge is -2.19. The van der Waals surface area contributed by atoms with Crippen molar-refractivity contribution in [2.24, 2.45) is 0 Å². The summed E-state index contributed by atoms with van der Waals surface area (Å²) in [6, 6.07) is 0. The molecule has 1 aliphatic rings. The van der Waals surface area contributed by atoms with Crippen molar-refractivity contribution in [1.82, 2.24) is 15.6 Å². The average molecular weight is 235 g/mol. The monoisotopic (exact) mass is 235 g/mol. The Morgan fingerprint density at radius 2 is 2.41 bits per heavy atom. The van der Waals surface area contributed by atoms with Crippen LogP contribution in [-0.4, -0.2) is 30.5 Å². The molecule has 1 amide bonds. The van der Waals surface area contributed by atoms with Crippen molar-refractivity contribution in [3.8, 4) is 0 Å². The second kappa shape index (κ2) is 5.63. The van der Waals surface area contributed by atoms with Crippen LogP contribution in [0.3, 0.4) is 0 Å². The number of hydrogen-bond acceptors (Lipinski definition) is 4. The number of nitrogens with one attached hydrogen (secondary N) is 2. The van der Waals surface area contributed by atoms with Crippen LogP contribution >= 0.6 is 0 Å². The Kier molecular flexibility index (Phi) is 3.93. The molecule has 5 heteroatoms. The van der Waals surface area contributed by atoms with E-state index in [2.05, 4.69) is 22.2 Å². The number of aromatic nitrogens is 1. The van der Waals surface area contributed by atoms with Gasteiger partial charge in [-0.05, 0) is 25.9 Å². The van der Waals surface area contributed by atoms with Crippen LogP contribution in [0.4, 0.5) is 0 Å². The summed E-state index contributed by atoms with van der Waals surface area (Å²) in [5, 5.41) is 5.94. The van der Waals surface area contributed by atoms with Gasteiger partial charge < -0.3 is 15.1 Å². The van der Waals surface area contributed by atoms with Gasteiger partial charge in [0.1, 0.15) is 0 Å². The minimum atomic E-state index is -0.238. The molecule has 0 aromatic carbocycles. The quantitative estimate of drug-likeness (QED) is 0.766. The van der Waals surface area contributed by atoms with E-state index in [-0.39, 0.29) is 11.7 Å². The molecule has 2 rings (SSSR count). The highest BCUT2D eigenvalue weighted by molar-refractivity contribution is 5.91. The summed E-state index contributed by atoms with van der Waals surface area (Å²) >= 11 is 0. The number of hydrogen-bond donors (Lipinski definition) is 2. The summed E-state index contributed by atoms with van der Waals surface area (Å²) in [6.45, 7) is 5.92. The minimum absolute atomic E-state index is 0.238. The third-order valence-electron chi connectivity index (χ3n) is 2.84. The normalized spacial score (nSPS) is 16.7. The van der Waals surface area contributed by atoms with Crippen LogP contribution in [0.15, 0.2) is 23.3 Å². The smallest absolute Gasteiger partial charge is 0.288 e. The lowest BCUT2D eigenvalue weighted by molar-refractivity contribution is 0.0927. The van der Waals surface area contributed by atoms with Crippen molar-refractivity contribution in [2.45, 2.75) is 18.8 Å². The molecular formula is C12H17N3O2. The molecule has 2 N–H and O–H groups in total. The fourth-order valence-corrected chi connectivity index (χ4v) is 1.90. The van der Waals surface area contributed by atoms with E-state index in [1.165, 1.54) is 6.20 Å². The lowest BCUT2D eigenvalue weighted by atomic mass is 9.98. The first kappa shape index (κ1) is 11.9. The molecule has 1 aromatic rings. The van der Waals surface area contributed by atoms with Gasteiger partial charge in [-0.2, -0.15) is 0 Å². The maximum atomic E-state index is 11.6. The predicted molar refractivity (Wildman–Crippen MR) is 63.9 cm³/mol. The molecule has 1 fully saturated rings. The van der Waals surface area contributed by atoms with E-state index in [1.54, 1.807) is 6.08 Å². The summed E-state index contributed by atoms with van der Waals surface area (Å²) in [5.74, 6) is 1.05. The number of rotatable bonds is 4. The zero-order valence-corrected chi connectivity index (χ0v) is 9.74. The van der Waals surface area contributed by atoms with Crippen LogP contribution in [0.5, 0.6) is 0 Å². The van der Waals surface area contributed by atoms with Crippen molar-refractivity contribution >= 4 is 5.91 Å². The Balaban J connectivity index is 1.99. The molecule has 1 aliphatic heterocycles. The molecule has 0 aliphatic carbocycles. The second-order valence-electron chi connectivity index (χ2n) is 4.09. The summed E-state index contributed by atoms with van der Waals surface area (Å²) in [5.41, 5.74) is 0. The first-order valence-corrected chi connectivity index (χ1v) is 5.87. The molecular weight excluding hydrogens is 218 g/mol. The van der Waals surface area contributed by atoms with Crippen molar-refractivity contribution in [3.05, 3.63) is 30.5 Å². The third kappa shape index (κ3) is 2.94. The van der Waals surface area contributed by atoms with E-state index in [9.17, 15) is 4.79 Å². The fourth-order valence-electron chi connectivity index (χ4n) is 1.90. The van der Waals surface area contributed by atoms with Crippen LogP contribution in [0, 0.1) is 0 Å². The van der Waals surface area contributed by atoms with Gasteiger partial charge >= 0.3 is 0 Å². The third-order valence-corrected chi connectivity index (χ3v) is 2.84. The molecule has 0 unspecified atom stereocenters. The molecule has 1 aromatic heterocycles. The first-order chi connectivity index (χ1) is 8.31. The molecule has 2 heterocycles. The largest absolute Gasteiger partial charge is 0.435 e. The lowest BCUT2D eigenvalue weighted by Crippen LogP contribution is -2.26. The van der Waals surface area contributed by atoms with Gasteiger partial charge in [-0.25, -0.2) is 4.98 Å². The van der Waals surface area contributed by atoms with E-state index in [0.29, 0.717) is 18.4 Å². The molecule has 1 saturated heterocycles. The molecule has 0 saturated carbocycles. The Morgan fingerprint density at radius 3 is 3.12 bits per heavy atom. The maximum absolute atomic E-state index is 11.6. The summed E-state index contributed by atoms with van der Waals surface area (Å²) in [7, 11) is 0. The molecule has 0 spiro atoms. The highest BCUT2D eigenvalue weighted by Crippen LogP contribution is 2.24. The topological polar surface area (TPSA) is 67.2 Å². The summed E-state index contributed by atoms with van der Waals surface area (Å²) < 4.78 is 5.50. The van der Waals surface area contributed by atoms with Crippen molar-refractivity contribution in [2.75, 3.05) is 19.6 Å². The van der Waals surface area contributed by atoms with E-state index >= 15 is 0 Å². The zero-order chi connectivity index (χ0) is 12.1. The first-order valence-electron chi connectivity index (χ1n) is 5.87. The van der Waals surface area contributed by atoms with Crippen molar-refractivity contribution < 1.29 is 9.21 Å². The van der Waals surface area contributed by atoms with Crippen molar-refractivity contribution in [3.63, 3.8) is 0 Å². The van der Waals surface area contributed by atoms with Gasteiger partial charge in [0, 0.05) is 12.5 Å². The summed E-state index contributed by atoms with van der Waals surface area (Å²) in [6.07, 6.45) is 5.14. The van der Waals surface area contributed by atoms with Gasteiger partial charge in [0.2, 0.25) is 5.76 Å². The van der Waals surface area contributed by atoms with Crippen LogP contribution < -0.4 is 10.6 Å². The predicted octanol–water partition coefficient (Wildman–Crippen LogP) is 1.06. The molecule has 0 atom stereocenters. The van der Waals surface area contributed by atoms with Crippen LogP contribution in [0.25, 0.3) is 0 Å². The molecule has 0 radical (unpaired) electrons. The van der Waals surface area contributed by atoms with E-state index in [1.807, 2.05) is 0 Å². The number of amides is 1. The Labute approximate surface area is 100 Å².